The van der Waals surface area contributed by atoms with E-state index >= 15 is 0 Å². The summed E-state index contributed by atoms with van der Waals surface area (Å²) in [5, 5.41) is 11.6. The molecule has 0 bridgehead atoms. The minimum atomic E-state index is -4.43. The average Bonchev–Trinajstić information content (AvgIpc) is 2.97. The predicted molar refractivity (Wildman–Crippen MR) is 105 cm³/mol. The summed E-state index contributed by atoms with van der Waals surface area (Å²) >= 11 is 0. The summed E-state index contributed by atoms with van der Waals surface area (Å²) < 4.78 is 37.1. The Morgan fingerprint density at radius 3 is 2.80 bits per heavy atom. The van der Waals surface area contributed by atoms with E-state index in [0.29, 0.717) is 42.9 Å². The first-order valence-electron chi connectivity index (χ1n) is 9.75. The molecule has 11 heteroatoms. The van der Waals surface area contributed by atoms with Gasteiger partial charge in [-0.15, -0.1) is 0 Å². The number of hydrogen-bond acceptors (Lipinski definition) is 5. The molecular formula is C19H25F3N6O2. The lowest BCUT2D eigenvalue weighted by Gasteiger charge is -2.25. The number of alkyl halides is 3. The number of amides is 2. The highest BCUT2D eigenvalue weighted by molar-refractivity contribution is 6.11. The van der Waals surface area contributed by atoms with Gasteiger partial charge in [0.05, 0.1) is 5.71 Å². The van der Waals surface area contributed by atoms with Gasteiger partial charge in [-0.2, -0.15) is 18.3 Å². The Kier molecular flexibility index (Phi) is 6.37. The summed E-state index contributed by atoms with van der Waals surface area (Å²) in [7, 11) is 0. The van der Waals surface area contributed by atoms with Crippen molar-refractivity contribution in [3.63, 3.8) is 0 Å². The second kappa shape index (κ2) is 8.80. The van der Waals surface area contributed by atoms with Crippen LogP contribution in [0.4, 0.5) is 19.0 Å². The largest absolute Gasteiger partial charge is 0.405 e. The number of nitrogens with one attached hydrogen (secondary N) is 3. The molecule has 0 saturated carbocycles. The number of nitrogens with zero attached hydrogens (tertiary/aromatic N) is 2. The third-order valence-electron chi connectivity index (χ3n) is 5.35. The number of fused-ring (bicyclic) bond motifs is 1. The van der Waals surface area contributed by atoms with E-state index in [2.05, 4.69) is 10.3 Å². The van der Waals surface area contributed by atoms with Crippen molar-refractivity contribution < 1.29 is 22.8 Å². The van der Waals surface area contributed by atoms with Crippen molar-refractivity contribution in [2.45, 2.75) is 44.8 Å². The van der Waals surface area contributed by atoms with Gasteiger partial charge in [-0.1, -0.05) is 0 Å². The number of carbonyl (C=O) groups is 2. The Labute approximate surface area is 171 Å². The fourth-order valence-corrected chi connectivity index (χ4v) is 3.60. The molecule has 3 rings (SSSR count). The molecule has 1 saturated heterocycles. The quantitative estimate of drug-likeness (QED) is 0.590. The van der Waals surface area contributed by atoms with Crippen molar-refractivity contribution in [1.29, 1.82) is 0 Å². The molecule has 164 valence electrons. The first-order valence-corrected chi connectivity index (χ1v) is 9.75. The molecule has 5 N–H and O–H groups in total. The maximum absolute atomic E-state index is 12.4. The van der Waals surface area contributed by atoms with E-state index in [1.807, 2.05) is 23.3 Å². The number of primary amides is 1. The van der Waals surface area contributed by atoms with E-state index in [-0.39, 0.29) is 12.5 Å². The van der Waals surface area contributed by atoms with Gasteiger partial charge in [-0.3, -0.25) is 14.6 Å². The molecule has 2 aliphatic heterocycles. The molecule has 2 amide bonds. The van der Waals surface area contributed by atoms with Gasteiger partial charge in [0.15, 0.2) is 0 Å². The third-order valence-corrected chi connectivity index (χ3v) is 5.35. The monoisotopic (exact) mass is 426 g/mol. The zero-order valence-electron chi connectivity index (χ0n) is 16.6. The number of nitrogens with two attached hydrogens (primary N) is 1. The summed E-state index contributed by atoms with van der Waals surface area (Å²) in [6.45, 7) is 1.05. The molecule has 0 aliphatic carbocycles. The van der Waals surface area contributed by atoms with Crippen LogP contribution in [0.25, 0.3) is 0 Å². The number of rotatable bonds is 4. The fourth-order valence-electron chi connectivity index (χ4n) is 3.60. The van der Waals surface area contributed by atoms with Gasteiger partial charge in [-0.25, -0.2) is 0 Å². The lowest BCUT2D eigenvalue weighted by atomic mass is 9.98. The summed E-state index contributed by atoms with van der Waals surface area (Å²) in [5.41, 5.74) is 7.28. The Balaban J connectivity index is 1.74. The van der Waals surface area contributed by atoms with Crippen LogP contribution in [0, 0.1) is 5.92 Å². The molecule has 2 atom stereocenters. The second-order valence-corrected chi connectivity index (χ2v) is 7.58. The summed E-state index contributed by atoms with van der Waals surface area (Å²) in [6, 6.07) is 1.83. The summed E-state index contributed by atoms with van der Waals surface area (Å²) in [5.74, 6) is -0.943. The number of hydrogen-bond donors (Lipinski definition) is 4. The van der Waals surface area contributed by atoms with Gasteiger partial charge < -0.3 is 21.4 Å². The van der Waals surface area contributed by atoms with Gasteiger partial charge >= 0.3 is 6.18 Å². The number of carbonyl (C=O) groups excluding carboxylic acids is 2. The molecule has 0 spiro atoms. The third kappa shape index (κ3) is 5.33. The molecule has 0 aromatic carbocycles. The van der Waals surface area contributed by atoms with Gasteiger partial charge in [0.25, 0.3) is 0 Å². The molecule has 1 aromatic heterocycles. The molecule has 8 nitrogen and oxygen atoms in total. The average molecular weight is 426 g/mol. The van der Waals surface area contributed by atoms with Crippen molar-refractivity contribution in [1.82, 2.24) is 15.3 Å². The Morgan fingerprint density at radius 2 is 2.10 bits per heavy atom. The maximum Gasteiger partial charge on any atom is 0.405 e. The van der Waals surface area contributed by atoms with E-state index < -0.39 is 30.5 Å². The number of anilines is 1. The molecule has 1 aromatic rings. The van der Waals surface area contributed by atoms with Crippen LogP contribution < -0.4 is 16.4 Å². The van der Waals surface area contributed by atoms with Crippen LogP contribution in [0.15, 0.2) is 29.1 Å². The van der Waals surface area contributed by atoms with Crippen molar-refractivity contribution in [3.05, 3.63) is 29.6 Å². The van der Waals surface area contributed by atoms with Gasteiger partial charge in [0.1, 0.15) is 12.4 Å². The first-order chi connectivity index (χ1) is 14.1. The minimum Gasteiger partial charge on any atom is -0.366 e. The van der Waals surface area contributed by atoms with E-state index in [0.717, 1.165) is 5.56 Å². The molecule has 0 unspecified atom stereocenters. The minimum absolute atomic E-state index is 0.0162. The standard InChI is InChI=1S/C19H25F3N6O2/c1-11-2-3-12(18(30)26-10-19(20,21)22)5-7-28(11)27-15-8-13(16(23)29)9-25-17-14(15)4-6-24-17/h4,6,9,11-12,24-25H,2-3,5,7-8,10H2,1H3,(H2,23,29)(H,26,30)/t11-,12-/m1/s1. The SMILES string of the molecule is C[C@@H]1CC[C@@H](C(=O)NCC(F)(F)F)CCN1N=C1CC(C(N)=O)=CNc2[nH]ccc21. The smallest absolute Gasteiger partial charge is 0.366 e. The van der Waals surface area contributed by atoms with E-state index in [1.165, 1.54) is 0 Å². The number of hydrazone groups is 1. The van der Waals surface area contributed by atoms with Crippen LogP contribution in [-0.4, -0.2) is 52.8 Å². The fraction of sp³-hybridized carbons (Fsp3) is 0.526. The molecule has 1 fully saturated rings. The zero-order chi connectivity index (χ0) is 21.9. The molecule has 30 heavy (non-hydrogen) atoms. The van der Waals surface area contributed by atoms with E-state index in [4.69, 9.17) is 10.8 Å². The molecule has 3 heterocycles. The number of H-pyrrole nitrogens is 1. The van der Waals surface area contributed by atoms with Crippen molar-refractivity contribution >= 4 is 23.3 Å². The van der Waals surface area contributed by atoms with Crippen molar-refractivity contribution in [3.8, 4) is 0 Å². The highest BCUT2D eigenvalue weighted by Gasteiger charge is 2.31. The normalized spacial score (nSPS) is 23.7. The maximum atomic E-state index is 12.4. The van der Waals surface area contributed by atoms with Crippen LogP contribution >= 0.6 is 0 Å². The Hall–Kier alpha value is -2.98. The second-order valence-electron chi connectivity index (χ2n) is 7.58. The Morgan fingerprint density at radius 1 is 1.33 bits per heavy atom. The van der Waals surface area contributed by atoms with Crippen molar-refractivity contribution in [2.75, 3.05) is 18.4 Å². The van der Waals surface area contributed by atoms with Gasteiger partial charge in [0.2, 0.25) is 11.8 Å². The zero-order valence-corrected chi connectivity index (χ0v) is 16.6. The van der Waals surface area contributed by atoms with Crippen LogP contribution in [0.1, 0.15) is 38.2 Å². The molecular weight excluding hydrogens is 401 g/mol. The van der Waals surface area contributed by atoms with Crippen molar-refractivity contribution in [2.24, 2.45) is 16.8 Å². The number of aromatic nitrogens is 1. The molecule has 0 radical (unpaired) electrons. The van der Waals surface area contributed by atoms with E-state index in [1.54, 1.807) is 12.4 Å². The van der Waals surface area contributed by atoms with Gasteiger partial charge in [-0.05, 0) is 32.3 Å². The van der Waals surface area contributed by atoms with Crippen LogP contribution in [0.5, 0.6) is 0 Å². The number of aromatic amines is 1. The van der Waals surface area contributed by atoms with Gasteiger partial charge in [0, 0.05) is 48.5 Å². The highest BCUT2D eigenvalue weighted by Crippen LogP contribution is 2.26. The van der Waals surface area contributed by atoms with E-state index in [9.17, 15) is 22.8 Å². The Bertz CT molecular complexity index is 861. The number of halogens is 3. The summed E-state index contributed by atoms with van der Waals surface area (Å²) in [6.07, 6.45) is 0.593. The van der Waals surface area contributed by atoms with Crippen LogP contribution in [0.2, 0.25) is 0 Å². The predicted octanol–water partition coefficient (Wildman–Crippen LogP) is 2.07. The lowest BCUT2D eigenvalue weighted by Crippen LogP contribution is -2.38. The van der Waals surface area contributed by atoms with Crippen LogP contribution in [-0.2, 0) is 9.59 Å². The summed E-state index contributed by atoms with van der Waals surface area (Å²) in [4.78, 5) is 26.9. The first kappa shape index (κ1) is 21.7. The van der Waals surface area contributed by atoms with Crippen LogP contribution in [0.3, 0.4) is 0 Å². The topological polar surface area (TPSA) is 116 Å². The lowest BCUT2D eigenvalue weighted by molar-refractivity contribution is -0.141. The molecule has 2 aliphatic rings. The highest BCUT2D eigenvalue weighted by atomic mass is 19.4.